The molecule has 10 heteroatoms. The third kappa shape index (κ3) is 2.97. The Balaban J connectivity index is 1.41. The number of aromatic nitrogens is 2. The molecule has 3 saturated heterocycles. The molecule has 2 atom stereocenters. The number of piperidine rings is 2. The van der Waals surface area contributed by atoms with Crippen LogP contribution in [0.2, 0.25) is 0 Å². The molecular formula is C17H21BrN8O. The van der Waals surface area contributed by atoms with Gasteiger partial charge in [0.15, 0.2) is 10.4 Å². The number of hydrazine groups is 1. The van der Waals surface area contributed by atoms with Crippen LogP contribution in [0.25, 0.3) is 0 Å². The van der Waals surface area contributed by atoms with Gasteiger partial charge in [-0.25, -0.2) is 10.4 Å². The first-order valence-electron chi connectivity index (χ1n) is 9.12. The molecule has 5 aliphatic rings. The molecule has 6 rings (SSSR count). The quantitative estimate of drug-likeness (QED) is 0.630. The van der Waals surface area contributed by atoms with E-state index < -0.39 is 0 Å². The zero-order valence-corrected chi connectivity index (χ0v) is 16.5. The highest BCUT2D eigenvalue weighted by Gasteiger charge is 2.36. The average Bonchev–Trinajstić information content (AvgIpc) is 3.24. The second kappa shape index (κ2) is 6.47. The van der Waals surface area contributed by atoms with Crippen LogP contribution in [-0.2, 0) is 11.8 Å². The average molecular weight is 433 g/mol. The summed E-state index contributed by atoms with van der Waals surface area (Å²) in [5, 5.41) is 12.5. The van der Waals surface area contributed by atoms with E-state index in [1.54, 1.807) is 10.9 Å². The Bertz CT molecular complexity index is 879. The normalized spacial score (nSPS) is 26.5. The standard InChI is InChI=1S/C17H21BrN8O/c1-24-9-13(15(18)23-24)21-17(27)12-7-20-26-5-4-14(22-16(12)26)25-8-10-2-3-11(25)6-19-10/h4-5,9-11,19-20H,2-3,6-8H2,1H3,(H,21,27). The number of halogens is 1. The molecule has 6 heterocycles. The number of amides is 1. The van der Waals surface area contributed by atoms with E-state index in [1.807, 2.05) is 24.3 Å². The lowest BCUT2D eigenvalue weighted by Gasteiger charge is -2.47. The number of rotatable bonds is 2. The van der Waals surface area contributed by atoms with Crippen molar-refractivity contribution in [3.05, 3.63) is 34.5 Å². The van der Waals surface area contributed by atoms with Crippen LogP contribution in [-0.4, -0.2) is 63.2 Å². The first-order valence-corrected chi connectivity index (χ1v) is 9.91. The number of amidine groups is 1. The topological polar surface area (TPSA) is 89.8 Å². The number of piperazine rings is 1. The fraction of sp³-hybridized carbons (Fsp3) is 0.471. The molecule has 0 radical (unpaired) electrons. The molecule has 9 nitrogen and oxygen atoms in total. The maximum Gasteiger partial charge on any atom is 0.256 e. The van der Waals surface area contributed by atoms with Crippen LogP contribution in [0, 0.1) is 0 Å². The molecule has 3 fully saturated rings. The van der Waals surface area contributed by atoms with Gasteiger partial charge in [0.05, 0.1) is 11.3 Å². The fourth-order valence-corrected chi connectivity index (χ4v) is 4.52. The van der Waals surface area contributed by atoms with Crippen molar-refractivity contribution in [3.8, 4) is 0 Å². The van der Waals surface area contributed by atoms with Crippen LogP contribution in [0.15, 0.2) is 39.5 Å². The van der Waals surface area contributed by atoms with Crippen molar-refractivity contribution >= 4 is 33.4 Å². The molecule has 0 aromatic carbocycles. The molecule has 5 aliphatic heterocycles. The second-order valence-electron chi connectivity index (χ2n) is 7.24. The van der Waals surface area contributed by atoms with E-state index in [2.05, 4.69) is 42.0 Å². The van der Waals surface area contributed by atoms with Gasteiger partial charge in [0.2, 0.25) is 0 Å². The minimum atomic E-state index is -0.172. The van der Waals surface area contributed by atoms with Crippen LogP contribution in [0.5, 0.6) is 0 Å². The number of hydrogen-bond acceptors (Lipinski definition) is 7. The molecule has 1 amide bonds. The van der Waals surface area contributed by atoms with Crippen molar-refractivity contribution in [2.45, 2.75) is 24.9 Å². The van der Waals surface area contributed by atoms with Crippen LogP contribution in [0.3, 0.4) is 0 Å². The fourth-order valence-electron chi connectivity index (χ4n) is 4.07. The Labute approximate surface area is 165 Å². The Morgan fingerprint density at radius 3 is 2.96 bits per heavy atom. The summed E-state index contributed by atoms with van der Waals surface area (Å²) in [6.45, 7) is 2.41. The Hall–Kier alpha value is -2.17. The number of carbonyl (C=O) groups excluding carboxylic acids is 1. The third-order valence-electron chi connectivity index (χ3n) is 5.47. The Morgan fingerprint density at radius 2 is 2.30 bits per heavy atom. The highest BCUT2D eigenvalue weighted by Crippen LogP contribution is 2.28. The van der Waals surface area contributed by atoms with Gasteiger partial charge in [0.25, 0.3) is 5.91 Å². The maximum atomic E-state index is 12.8. The first-order chi connectivity index (χ1) is 13.1. The zero-order chi connectivity index (χ0) is 18.5. The van der Waals surface area contributed by atoms with Crippen molar-refractivity contribution in [1.82, 2.24) is 30.4 Å². The summed E-state index contributed by atoms with van der Waals surface area (Å²) in [7, 11) is 1.81. The summed E-state index contributed by atoms with van der Waals surface area (Å²) >= 11 is 3.36. The highest BCUT2D eigenvalue weighted by molar-refractivity contribution is 9.10. The molecule has 3 N–H and O–H groups in total. The van der Waals surface area contributed by atoms with Gasteiger partial charge >= 0.3 is 0 Å². The van der Waals surface area contributed by atoms with Gasteiger partial charge in [-0.05, 0) is 34.8 Å². The minimum Gasteiger partial charge on any atom is -0.351 e. The monoisotopic (exact) mass is 432 g/mol. The van der Waals surface area contributed by atoms with Gasteiger partial charge < -0.3 is 15.5 Å². The van der Waals surface area contributed by atoms with E-state index in [1.165, 1.54) is 12.8 Å². The minimum absolute atomic E-state index is 0.172. The van der Waals surface area contributed by atoms with E-state index in [4.69, 9.17) is 4.99 Å². The first kappa shape index (κ1) is 17.0. The predicted molar refractivity (Wildman–Crippen MR) is 104 cm³/mol. The van der Waals surface area contributed by atoms with Crippen LogP contribution in [0.4, 0.5) is 5.69 Å². The molecule has 0 aliphatic carbocycles. The van der Waals surface area contributed by atoms with E-state index in [0.29, 0.717) is 40.3 Å². The molecule has 0 saturated carbocycles. The summed E-state index contributed by atoms with van der Waals surface area (Å²) in [5.41, 5.74) is 4.45. The lowest BCUT2D eigenvalue weighted by Crippen LogP contribution is -2.62. The summed E-state index contributed by atoms with van der Waals surface area (Å²) in [6.07, 6.45) is 8.15. The summed E-state index contributed by atoms with van der Waals surface area (Å²) < 4.78 is 2.26. The number of anilines is 1. The SMILES string of the molecule is Cn1cc(NC(=O)C2=C3N=C(N4CC5CCC4CN5)C=CN3NC2)c(Br)n1. The van der Waals surface area contributed by atoms with Crippen LogP contribution >= 0.6 is 15.9 Å². The van der Waals surface area contributed by atoms with Crippen LogP contribution < -0.4 is 16.1 Å². The molecule has 142 valence electrons. The van der Waals surface area contributed by atoms with E-state index in [-0.39, 0.29) is 5.91 Å². The molecule has 2 unspecified atom stereocenters. The lowest BCUT2D eigenvalue weighted by molar-refractivity contribution is -0.112. The smallest absolute Gasteiger partial charge is 0.256 e. The number of carbonyl (C=O) groups is 1. The van der Waals surface area contributed by atoms with E-state index in [0.717, 1.165) is 18.9 Å². The van der Waals surface area contributed by atoms with Gasteiger partial charge in [0, 0.05) is 51.2 Å². The summed E-state index contributed by atoms with van der Waals surface area (Å²) in [5.74, 6) is 1.43. The van der Waals surface area contributed by atoms with Crippen LogP contribution in [0.1, 0.15) is 12.8 Å². The molecular weight excluding hydrogens is 412 g/mol. The van der Waals surface area contributed by atoms with Crippen molar-refractivity contribution in [1.29, 1.82) is 0 Å². The Morgan fingerprint density at radius 1 is 1.41 bits per heavy atom. The summed E-state index contributed by atoms with van der Waals surface area (Å²) in [6, 6.07) is 1.01. The van der Waals surface area contributed by atoms with E-state index in [9.17, 15) is 4.79 Å². The lowest BCUT2D eigenvalue weighted by atomic mass is 9.93. The molecule has 27 heavy (non-hydrogen) atoms. The molecule has 1 aromatic rings. The molecule has 0 spiro atoms. The number of aliphatic imine (C=N–C) groups is 1. The van der Waals surface area contributed by atoms with E-state index >= 15 is 0 Å². The van der Waals surface area contributed by atoms with Crippen molar-refractivity contribution in [2.75, 3.05) is 25.0 Å². The second-order valence-corrected chi connectivity index (χ2v) is 7.99. The molecule has 2 bridgehead atoms. The maximum absolute atomic E-state index is 12.8. The predicted octanol–water partition coefficient (Wildman–Crippen LogP) is 0.515. The number of hydrogen-bond donors (Lipinski definition) is 3. The van der Waals surface area contributed by atoms with Gasteiger partial charge in [0.1, 0.15) is 5.84 Å². The van der Waals surface area contributed by atoms with Gasteiger partial charge in [-0.3, -0.25) is 14.5 Å². The number of nitrogens with zero attached hydrogens (tertiary/aromatic N) is 5. The van der Waals surface area contributed by atoms with Crippen molar-refractivity contribution in [3.63, 3.8) is 0 Å². The zero-order valence-electron chi connectivity index (χ0n) is 14.9. The van der Waals surface area contributed by atoms with Gasteiger partial charge in [-0.1, -0.05) is 0 Å². The molecule has 1 aromatic heterocycles. The van der Waals surface area contributed by atoms with Crippen molar-refractivity contribution < 1.29 is 4.79 Å². The van der Waals surface area contributed by atoms with Crippen molar-refractivity contribution in [2.24, 2.45) is 12.0 Å². The third-order valence-corrected chi connectivity index (χ3v) is 6.05. The van der Waals surface area contributed by atoms with Gasteiger partial charge in [-0.2, -0.15) is 5.10 Å². The summed E-state index contributed by atoms with van der Waals surface area (Å²) in [4.78, 5) is 20.0. The number of nitrogens with one attached hydrogen (secondary N) is 3. The highest BCUT2D eigenvalue weighted by atomic mass is 79.9. The Kier molecular flexibility index (Phi) is 4.06. The van der Waals surface area contributed by atoms with Gasteiger partial charge in [-0.15, -0.1) is 0 Å². The number of aryl methyl sites for hydroxylation is 1. The number of fused-ring (bicyclic) bond motifs is 4. The largest absolute Gasteiger partial charge is 0.351 e.